The molecular formula is C16H25N3O3S. The second-order valence-corrected chi connectivity index (χ2v) is 5.44. The molecule has 1 atom stereocenters. The van der Waals surface area contributed by atoms with E-state index in [-0.39, 0.29) is 17.6 Å². The molecule has 6 nitrogen and oxygen atoms in total. The van der Waals surface area contributed by atoms with Crippen LogP contribution in [0, 0.1) is 0 Å². The average molecular weight is 339 g/mol. The Labute approximate surface area is 142 Å². The van der Waals surface area contributed by atoms with Crippen LogP contribution >= 0.6 is 12.2 Å². The van der Waals surface area contributed by atoms with Crippen LogP contribution in [-0.2, 0) is 0 Å². The summed E-state index contributed by atoms with van der Waals surface area (Å²) in [5.74, 6) is 0.380. The number of aliphatic hydroxyl groups excluding tert-OH is 1. The SMILES string of the molecule is CCN(CC)CC(O)CNC(=S)NC(=O)c1ccc(OC)cc1. The van der Waals surface area contributed by atoms with Gasteiger partial charge in [-0.1, -0.05) is 13.8 Å². The van der Waals surface area contributed by atoms with Crippen LogP contribution in [0.1, 0.15) is 24.2 Å². The number of rotatable bonds is 8. The average Bonchev–Trinajstić information content (AvgIpc) is 2.57. The van der Waals surface area contributed by atoms with Crippen LogP contribution in [-0.4, -0.2) is 60.4 Å². The predicted molar refractivity (Wildman–Crippen MR) is 94.9 cm³/mol. The molecule has 1 aromatic carbocycles. The van der Waals surface area contributed by atoms with Gasteiger partial charge in [-0.15, -0.1) is 0 Å². The van der Waals surface area contributed by atoms with Crippen molar-refractivity contribution < 1.29 is 14.6 Å². The first-order valence-corrected chi connectivity index (χ1v) is 8.04. The van der Waals surface area contributed by atoms with E-state index in [0.717, 1.165) is 13.1 Å². The Morgan fingerprint density at radius 3 is 2.43 bits per heavy atom. The summed E-state index contributed by atoms with van der Waals surface area (Å²) in [6.07, 6.45) is -0.550. The van der Waals surface area contributed by atoms with Gasteiger partial charge in [0, 0.05) is 18.7 Å². The summed E-state index contributed by atoms with van der Waals surface area (Å²) in [7, 11) is 1.57. The van der Waals surface area contributed by atoms with Gasteiger partial charge in [-0.25, -0.2) is 0 Å². The third kappa shape index (κ3) is 6.94. The molecule has 0 aliphatic rings. The molecule has 1 unspecified atom stereocenters. The number of nitrogens with zero attached hydrogens (tertiary/aromatic N) is 1. The van der Waals surface area contributed by atoms with E-state index in [4.69, 9.17) is 17.0 Å². The number of benzene rings is 1. The highest BCUT2D eigenvalue weighted by molar-refractivity contribution is 7.80. The predicted octanol–water partition coefficient (Wildman–Crippen LogP) is 1.00. The maximum Gasteiger partial charge on any atom is 0.257 e. The zero-order valence-electron chi connectivity index (χ0n) is 13.8. The number of methoxy groups -OCH3 is 1. The van der Waals surface area contributed by atoms with E-state index >= 15 is 0 Å². The number of ether oxygens (including phenoxy) is 1. The minimum atomic E-state index is -0.550. The molecule has 0 fully saturated rings. The van der Waals surface area contributed by atoms with Gasteiger partial charge in [0.15, 0.2) is 5.11 Å². The van der Waals surface area contributed by atoms with Gasteiger partial charge >= 0.3 is 0 Å². The molecule has 0 aliphatic carbocycles. The Morgan fingerprint density at radius 2 is 1.91 bits per heavy atom. The number of likely N-dealkylation sites (N-methyl/N-ethyl adjacent to an activating group) is 1. The first kappa shape index (κ1) is 19.3. The first-order chi connectivity index (χ1) is 11.0. The highest BCUT2D eigenvalue weighted by Crippen LogP contribution is 2.10. The molecule has 23 heavy (non-hydrogen) atoms. The molecule has 0 bridgehead atoms. The normalized spacial score (nSPS) is 11.9. The van der Waals surface area contributed by atoms with Crippen molar-refractivity contribution in [2.24, 2.45) is 0 Å². The lowest BCUT2D eigenvalue weighted by Crippen LogP contribution is -2.45. The summed E-state index contributed by atoms with van der Waals surface area (Å²) in [6.45, 7) is 6.71. The molecule has 7 heteroatoms. The Morgan fingerprint density at radius 1 is 1.30 bits per heavy atom. The standard InChI is InChI=1S/C16H25N3O3S/c1-4-19(5-2)11-13(20)10-17-16(23)18-15(21)12-6-8-14(22-3)9-7-12/h6-9,13,20H,4-5,10-11H2,1-3H3,(H2,17,18,21,23). The fraction of sp³-hybridized carbons (Fsp3) is 0.500. The van der Waals surface area contributed by atoms with Gasteiger partial charge in [-0.3, -0.25) is 10.1 Å². The molecule has 1 aromatic rings. The van der Waals surface area contributed by atoms with Crippen molar-refractivity contribution in [2.45, 2.75) is 20.0 Å². The lowest BCUT2D eigenvalue weighted by atomic mass is 10.2. The third-order valence-corrected chi connectivity index (χ3v) is 3.69. The number of hydrogen-bond acceptors (Lipinski definition) is 5. The zero-order valence-corrected chi connectivity index (χ0v) is 14.7. The zero-order chi connectivity index (χ0) is 17.2. The van der Waals surface area contributed by atoms with E-state index in [0.29, 0.717) is 17.9 Å². The van der Waals surface area contributed by atoms with Crippen molar-refractivity contribution in [2.75, 3.05) is 33.3 Å². The Bertz CT molecular complexity index is 504. The summed E-state index contributed by atoms with van der Waals surface area (Å²) < 4.78 is 5.04. The Balaban J connectivity index is 2.39. The lowest BCUT2D eigenvalue weighted by Gasteiger charge is -2.22. The molecule has 0 aliphatic heterocycles. The highest BCUT2D eigenvalue weighted by atomic mass is 32.1. The summed E-state index contributed by atoms with van der Waals surface area (Å²) >= 11 is 5.08. The summed E-state index contributed by atoms with van der Waals surface area (Å²) in [4.78, 5) is 14.1. The maximum absolute atomic E-state index is 12.0. The topological polar surface area (TPSA) is 73.8 Å². The molecule has 0 spiro atoms. The minimum Gasteiger partial charge on any atom is -0.497 e. The van der Waals surface area contributed by atoms with E-state index in [1.165, 1.54) is 0 Å². The largest absolute Gasteiger partial charge is 0.497 e. The summed E-state index contributed by atoms with van der Waals surface area (Å²) in [5.41, 5.74) is 0.485. The van der Waals surface area contributed by atoms with E-state index in [9.17, 15) is 9.90 Å². The molecule has 1 amide bonds. The number of aliphatic hydroxyl groups is 1. The van der Waals surface area contributed by atoms with E-state index in [1.54, 1.807) is 31.4 Å². The molecule has 0 saturated heterocycles. The highest BCUT2D eigenvalue weighted by Gasteiger charge is 2.11. The fourth-order valence-electron chi connectivity index (χ4n) is 2.02. The van der Waals surface area contributed by atoms with Crippen LogP contribution in [0.15, 0.2) is 24.3 Å². The molecule has 0 aromatic heterocycles. The fourth-order valence-corrected chi connectivity index (χ4v) is 2.19. The maximum atomic E-state index is 12.0. The minimum absolute atomic E-state index is 0.199. The molecular weight excluding hydrogens is 314 g/mol. The van der Waals surface area contributed by atoms with Crippen molar-refractivity contribution in [3.05, 3.63) is 29.8 Å². The second-order valence-electron chi connectivity index (χ2n) is 5.03. The van der Waals surface area contributed by atoms with Crippen LogP contribution in [0.5, 0.6) is 5.75 Å². The Hall–Kier alpha value is -1.70. The van der Waals surface area contributed by atoms with Crippen molar-refractivity contribution >= 4 is 23.2 Å². The third-order valence-electron chi connectivity index (χ3n) is 3.44. The molecule has 0 saturated carbocycles. The van der Waals surface area contributed by atoms with Crippen LogP contribution in [0.25, 0.3) is 0 Å². The van der Waals surface area contributed by atoms with Gasteiger partial charge in [-0.2, -0.15) is 0 Å². The van der Waals surface area contributed by atoms with Gasteiger partial charge in [0.05, 0.1) is 13.2 Å². The molecule has 1 rings (SSSR count). The van der Waals surface area contributed by atoms with Gasteiger partial charge < -0.3 is 20.1 Å². The summed E-state index contributed by atoms with van der Waals surface area (Å²) in [6, 6.07) is 6.73. The van der Waals surface area contributed by atoms with Gasteiger partial charge in [-0.05, 0) is 49.6 Å². The van der Waals surface area contributed by atoms with Crippen molar-refractivity contribution in [3.63, 3.8) is 0 Å². The number of amides is 1. The van der Waals surface area contributed by atoms with Crippen LogP contribution in [0.4, 0.5) is 0 Å². The molecule has 0 radical (unpaired) electrons. The lowest BCUT2D eigenvalue weighted by molar-refractivity contribution is 0.0974. The molecule has 0 heterocycles. The van der Waals surface area contributed by atoms with Crippen LogP contribution < -0.4 is 15.4 Å². The number of nitrogens with one attached hydrogen (secondary N) is 2. The molecule has 128 valence electrons. The quantitative estimate of drug-likeness (QED) is 0.614. The number of hydrogen-bond donors (Lipinski definition) is 3. The smallest absolute Gasteiger partial charge is 0.257 e. The second kappa shape index (κ2) is 10.1. The Kier molecular flexibility index (Phi) is 8.53. The van der Waals surface area contributed by atoms with Gasteiger partial charge in [0.2, 0.25) is 0 Å². The van der Waals surface area contributed by atoms with Crippen molar-refractivity contribution in [1.29, 1.82) is 0 Å². The number of carbonyl (C=O) groups excluding carboxylic acids is 1. The van der Waals surface area contributed by atoms with Crippen molar-refractivity contribution in [3.8, 4) is 5.75 Å². The molecule has 3 N–H and O–H groups in total. The van der Waals surface area contributed by atoms with Crippen LogP contribution in [0.2, 0.25) is 0 Å². The first-order valence-electron chi connectivity index (χ1n) is 7.63. The number of thiocarbonyl (C=S) groups is 1. The monoisotopic (exact) mass is 339 g/mol. The van der Waals surface area contributed by atoms with Gasteiger partial charge in [0.25, 0.3) is 5.91 Å². The van der Waals surface area contributed by atoms with E-state index in [2.05, 4.69) is 15.5 Å². The van der Waals surface area contributed by atoms with Crippen LogP contribution in [0.3, 0.4) is 0 Å². The van der Waals surface area contributed by atoms with E-state index in [1.807, 2.05) is 13.8 Å². The van der Waals surface area contributed by atoms with E-state index < -0.39 is 6.10 Å². The summed E-state index contributed by atoms with van der Waals surface area (Å²) in [5, 5.41) is 15.6. The number of carbonyl (C=O) groups is 1. The van der Waals surface area contributed by atoms with Gasteiger partial charge in [0.1, 0.15) is 5.75 Å². The van der Waals surface area contributed by atoms with Crippen molar-refractivity contribution in [1.82, 2.24) is 15.5 Å².